The number of nitrogens with zero attached hydrogens (tertiary/aromatic N) is 3. The summed E-state index contributed by atoms with van der Waals surface area (Å²) in [6.07, 6.45) is 4.75. The van der Waals surface area contributed by atoms with Gasteiger partial charge in [-0.3, -0.25) is 14.2 Å². The second kappa shape index (κ2) is 8.48. The largest absolute Gasteiger partial charge is 0.308 e. The van der Waals surface area contributed by atoms with Crippen molar-refractivity contribution in [3.63, 3.8) is 0 Å². The zero-order chi connectivity index (χ0) is 19.4. The van der Waals surface area contributed by atoms with Crippen molar-refractivity contribution in [1.82, 2.24) is 9.55 Å². The maximum atomic E-state index is 13.2. The highest BCUT2D eigenvalue weighted by atomic mass is 32.1. The number of thiophene rings is 1. The van der Waals surface area contributed by atoms with E-state index in [1.807, 2.05) is 44.2 Å². The monoisotopic (exact) mass is 383 g/mol. The van der Waals surface area contributed by atoms with Crippen molar-refractivity contribution in [3.8, 4) is 0 Å². The quantitative estimate of drug-likeness (QED) is 0.559. The van der Waals surface area contributed by atoms with E-state index >= 15 is 0 Å². The minimum absolute atomic E-state index is 0.0494. The van der Waals surface area contributed by atoms with Gasteiger partial charge in [0.05, 0.1) is 16.6 Å². The number of hydrogen-bond acceptors (Lipinski definition) is 4. The Hall–Kier alpha value is -2.47. The van der Waals surface area contributed by atoms with Crippen LogP contribution in [0.2, 0.25) is 0 Å². The van der Waals surface area contributed by atoms with Gasteiger partial charge in [-0.1, -0.05) is 38.0 Å². The minimum atomic E-state index is -0.0823. The van der Waals surface area contributed by atoms with Crippen LogP contribution in [0.1, 0.15) is 48.3 Å². The normalized spacial score (nSPS) is 11.1. The van der Waals surface area contributed by atoms with Gasteiger partial charge in [0.25, 0.3) is 11.5 Å². The van der Waals surface area contributed by atoms with E-state index in [0.717, 1.165) is 30.5 Å². The lowest BCUT2D eigenvalue weighted by Gasteiger charge is -2.20. The molecule has 0 aliphatic rings. The number of aryl methyl sites for hydroxylation is 2. The predicted molar refractivity (Wildman–Crippen MR) is 112 cm³/mol. The third-order valence-electron chi connectivity index (χ3n) is 4.74. The van der Waals surface area contributed by atoms with E-state index in [-0.39, 0.29) is 11.5 Å². The minimum Gasteiger partial charge on any atom is -0.308 e. The summed E-state index contributed by atoms with van der Waals surface area (Å²) in [6.45, 7) is 7.17. The van der Waals surface area contributed by atoms with Crippen molar-refractivity contribution >= 4 is 33.1 Å². The van der Waals surface area contributed by atoms with Crippen molar-refractivity contribution in [2.75, 3.05) is 11.4 Å². The molecule has 1 aromatic carbocycles. The van der Waals surface area contributed by atoms with E-state index < -0.39 is 0 Å². The molecule has 5 nitrogen and oxygen atoms in total. The molecule has 0 aliphatic carbocycles. The third-order valence-corrected chi connectivity index (χ3v) is 5.93. The Bertz CT molecular complexity index is 992. The molecule has 2 aromatic heterocycles. The summed E-state index contributed by atoms with van der Waals surface area (Å²) in [5, 5.41) is 0.575. The lowest BCUT2D eigenvalue weighted by molar-refractivity contribution is 0.0991. The Morgan fingerprint density at radius 1 is 1.19 bits per heavy atom. The molecule has 3 rings (SSSR count). The number of carbonyl (C=O) groups is 1. The Balaban J connectivity index is 2.00. The molecule has 1 amide bonds. The maximum Gasteiger partial charge on any atom is 0.268 e. The number of unbranched alkanes of at least 4 members (excludes halogenated alkanes) is 2. The molecule has 0 unspecified atom stereocenters. The average Bonchev–Trinajstić information content (AvgIpc) is 3.02. The number of rotatable bonds is 7. The summed E-state index contributed by atoms with van der Waals surface area (Å²) >= 11 is 1.31. The van der Waals surface area contributed by atoms with Gasteiger partial charge < -0.3 is 4.90 Å². The molecule has 0 spiro atoms. The number of aromatic nitrogens is 2. The number of para-hydroxylation sites is 1. The van der Waals surface area contributed by atoms with E-state index in [4.69, 9.17) is 0 Å². The molecule has 3 aromatic rings. The fourth-order valence-corrected chi connectivity index (χ4v) is 4.32. The second-order valence-corrected chi connectivity index (χ2v) is 7.57. The van der Waals surface area contributed by atoms with Crippen LogP contribution in [0.3, 0.4) is 0 Å². The zero-order valence-electron chi connectivity index (χ0n) is 16.1. The zero-order valence-corrected chi connectivity index (χ0v) is 16.9. The summed E-state index contributed by atoms with van der Waals surface area (Å²) < 4.78 is 1.67. The van der Waals surface area contributed by atoms with Gasteiger partial charge in [-0.15, -0.1) is 11.3 Å². The molecule has 0 saturated heterocycles. The van der Waals surface area contributed by atoms with E-state index in [2.05, 4.69) is 11.9 Å². The standard InChI is InChI=1S/C21H25N3O2S/c1-4-6-10-13-23-14-22-19-17(20(23)25)15(3)18(27-19)21(26)24(5-2)16-11-8-7-9-12-16/h7-9,11-12,14H,4-6,10,13H2,1-3H3. The van der Waals surface area contributed by atoms with Gasteiger partial charge in [-0.2, -0.15) is 0 Å². The molecular formula is C21H25N3O2S. The SMILES string of the molecule is CCCCCn1cnc2sc(C(=O)N(CC)c3ccccc3)c(C)c2c1=O. The maximum absolute atomic E-state index is 13.2. The smallest absolute Gasteiger partial charge is 0.268 e. The van der Waals surface area contributed by atoms with Gasteiger partial charge in [0.2, 0.25) is 0 Å². The third kappa shape index (κ3) is 3.81. The van der Waals surface area contributed by atoms with Crippen LogP contribution in [0.25, 0.3) is 10.2 Å². The van der Waals surface area contributed by atoms with E-state index in [1.54, 1.807) is 15.8 Å². The Kier molecular flexibility index (Phi) is 6.06. The highest BCUT2D eigenvalue weighted by Crippen LogP contribution is 2.29. The highest BCUT2D eigenvalue weighted by molar-refractivity contribution is 7.20. The molecule has 2 heterocycles. The summed E-state index contributed by atoms with van der Waals surface area (Å²) in [7, 11) is 0. The van der Waals surface area contributed by atoms with Crippen LogP contribution >= 0.6 is 11.3 Å². The number of benzene rings is 1. The molecule has 142 valence electrons. The first kappa shape index (κ1) is 19.3. The van der Waals surface area contributed by atoms with Gasteiger partial charge in [-0.25, -0.2) is 4.98 Å². The number of fused-ring (bicyclic) bond motifs is 1. The Morgan fingerprint density at radius 2 is 1.93 bits per heavy atom. The average molecular weight is 384 g/mol. The van der Waals surface area contributed by atoms with E-state index in [1.165, 1.54) is 11.3 Å². The van der Waals surface area contributed by atoms with Gasteiger partial charge in [-0.05, 0) is 38.0 Å². The first-order chi connectivity index (χ1) is 13.1. The fraction of sp³-hybridized carbons (Fsp3) is 0.381. The first-order valence-corrected chi connectivity index (χ1v) is 10.3. The van der Waals surface area contributed by atoms with Crippen LogP contribution in [0.5, 0.6) is 0 Å². The van der Waals surface area contributed by atoms with Crippen LogP contribution in [0.15, 0.2) is 41.5 Å². The van der Waals surface area contributed by atoms with Crippen molar-refractivity contribution in [2.45, 2.75) is 46.6 Å². The fourth-order valence-electron chi connectivity index (χ4n) is 3.23. The van der Waals surface area contributed by atoms with E-state index in [0.29, 0.717) is 28.2 Å². The topological polar surface area (TPSA) is 55.2 Å². The second-order valence-electron chi connectivity index (χ2n) is 6.57. The molecule has 0 atom stereocenters. The van der Waals surface area contributed by atoms with Crippen molar-refractivity contribution in [3.05, 3.63) is 57.5 Å². The number of anilines is 1. The van der Waals surface area contributed by atoms with Crippen LogP contribution in [-0.4, -0.2) is 22.0 Å². The van der Waals surface area contributed by atoms with Crippen LogP contribution < -0.4 is 10.5 Å². The molecule has 0 N–H and O–H groups in total. The van der Waals surface area contributed by atoms with Crippen molar-refractivity contribution in [2.24, 2.45) is 0 Å². The van der Waals surface area contributed by atoms with Gasteiger partial charge in [0.1, 0.15) is 4.83 Å². The summed E-state index contributed by atoms with van der Waals surface area (Å²) in [5.41, 5.74) is 1.54. The van der Waals surface area contributed by atoms with Crippen molar-refractivity contribution in [1.29, 1.82) is 0 Å². The number of amides is 1. The molecule has 0 fully saturated rings. The predicted octanol–water partition coefficient (Wildman–Crippen LogP) is 4.62. The first-order valence-electron chi connectivity index (χ1n) is 9.43. The van der Waals surface area contributed by atoms with Crippen LogP contribution in [0, 0.1) is 6.92 Å². The summed E-state index contributed by atoms with van der Waals surface area (Å²) in [5.74, 6) is -0.0823. The number of carbonyl (C=O) groups excluding carboxylic acids is 1. The molecule has 0 bridgehead atoms. The highest BCUT2D eigenvalue weighted by Gasteiger charge is 2.23. The molecule has 0 aliphatic heterocycles. The van der Waals surface area contributed by atoms with Gasteiger partial charge in [0.15, 0.2) is 0 Å². The summed E-state index contributed by atoms with van der Waals surface area (Å²) in [4.78, 5) is 33.5. The molecule has 0 radical (unpaired) electrons. The molecular weight excluding hydrogens is 358 g/mol. The number of hydrogen-bond donors (Lipinski definition) is 0. The molecule has 6 heteroatoms. The van der Waals surface area contributed by atoms with Crippen LogP contribution in [0.4, 0.5) is 5.69 Å². The summed E-state index contributed by atoms with van der Waals surface area (Å²) in [6, 6.07) is 9.60. The lowest BCUT2D eigenvalue weighted by atomic mass is 10.2. The molecule has 27 heavy (non-hydrogen) atoms. The van der Waals surface area contributed by atoms with Gasteiger partial charge in [0, 0.05) is 18.8 Å². The molecule has 0 saturated carbocycles. The van der Waals surface area contributed by atoms with Gasteiger partial charge >= 0.3 is 0 Å². The van der Waals surface area contributed by atoms with Crippen molar-refractivity contribution < 1.29 is 4.79 Å². The Labute approximate surface area is 163 Å². The van der Waals surface area contributed by atoms with E-state index in [9.17, 15) is 9.59 Å². The Morgan fingerprint density at radius 3 is 2.59 bits per heavy atom. The lowest BCUT2D eigenvalue weighted by Crippen LogP contribution is -2.30. The van der Waals surface area contributed by atoms with Crippen LogP contribution in [-0.2, 0) is 6.54 Å².